The predicted octanol–water partition coefficient (Wildman–Crippen LogP) is 3.03. The summed E-state index contributed by atoms with van der Waals surface area (Å²) in [6.45, 7) is 2.13. The van der Waals surface area contributed by atoms with Gasteiger partial charge in [-0.25, -0.2) is 0 Å². The van der Waals surface area contributed by atoms with Crippen molar-refractivity contribution in [3.05, 3.63) is 65.5 Å². The zero-order chi connectivity index (χ0) is 15.9. The van der Waals surface area contributed by atoms with Crippen molar-refractivity contribution in [2.24, 2.45) is 7.05 Å². The van der Waals surface area contributed by atoms with Gasteiger partial charge in [-0.15, -0.1) is 0 Å². The first-order valence-corrected chi connectivity index (χ1v) is 7.19. The summed E-state index contributed by atoms with van der Waals surface area (Å²) in [6, 6.07) is 13.1. The lowest BCUT2D eigenvalue weighted by atomic mass is 10.2. The van der Waals surface area contributed by atoms with E-state index in [0.29, 0.717) is 12.3 Å². The van der Waals surface area contributed by atoms with Gasteiger partial charge >= 0.3 is 5.97 Å². The number of allylic oxidation sites excluding steroid dienone is 1. The molecule has 0 spiro atoms. The van der Waals surface area contributed by atoms with Crippen LogP contribution < -0.4 is 0 Å². The second-order valence-electron chi connectivity index (χ2n) is 4.86. The molecule has 0 fully saturated rings. The topological polar surface area (TPSA) is 48.3 Å². The second-order valence-corrected chi connectivity index (χ2v) is 4.86. The van der Waals surface area contributed by atoms with Crippen LogP contribution in [0.5, 0.6) is 0 Å². The van der Waals surface area contributed by atoms with Gasteiger partial charge in [0.15, 0.2) is 0 Å². The standard InChI is InChI=1S/C18H19NO3/c1-3-22-18(21)13-15-10-11-16(19(15)2)17(20)12-9-14-7-5-4-6-8-14/h4-12H,3,13H2,1-2H3. The van der Waals surface area contributed by atoms with Crippen molar-refractivity contribution < 1.29 is 14.3 Å². The molecule has 4 heteroatoms. The minimum absolute atomic E-state index is 0.0959. The van der Waals surface area contributed by atoms with E-state index in [0.717, 1.165) is 11.3 Å². The number of esters is 1. The minimum Gasteiger partial charge on any atom is -0.466 e. The fourth-order valence-corrected chi connectivity index (χ4v) is 2.16. The van der Waals surface area contributed by atoms with Crippen molar-refractivity contribution in [1.29, 1.82) is 0 Å². The summed E-state index contributed by atoms with van der Waals surface area (Å²) in [5, 5.41) is 0. The Labute approximate surface area is 130 Å². The first-order chi connectivity index (χ1) is 10.6. The Morgan fingerprint density at radius 2 is 1.86 bits per heavy atom. The Morgan fingerprint density at radius 3 is 2.55 bits per heavy atom. The molecule has 1 aromatic carbocycles. The SMILES string of the molecule is CCOC(=O)Cc1ccc(C(=O)C=Cc2ccccc2)n1C. The maximum absolute atomic E-state index is 12.2. The molecule has 0 bridgehead atoms. The first kappa shape index (κ1) is 15.8. The zero-order valence-electron chi connectivity index (χ0n) is 12.8. The molecule has 114 valence electrons. The van der Waals surface area contributed by atoms with Crippen LogP contribution in [-0.4, -0.2) is 22.9 Å². The molecule has 2 aromatic rings. The van der Waals surface area contributed by atoms with Crippen LogP contribution in [0.15, 0.2) is 48.5 Å². The monoisotopic (exact) mass is 297 g/mol. The van der Waals surface area contributed by atoms with E-state index < -0.39 is 0 Å². The highest BCUT2D eigenvalue weighted by Gasteiger charge is 2.13. The highest BCUT2D eigenvalue weighted by Crippen LogP contribution is 2.11. The maximum Gasteiger partial charge on any atom is 0.311 e. The van der Waals surface area contributed by atoms with E-state index in [2.05, 4.69) is 0 Å². The van der Waals surface area contributed by atoms with E-state index in [9.17, 15) is 9.59 Å². The van der Waals surface area contributed by atoms with Crippen LogP contribution in [0.25, 0.3) is 6.08 Å². The van der Waals surface area contributed by atoms with Crippen molar-refractivity contribution in [2.75, 3.05) is 6.61 Å². The summed E-state index contributed by atoms with van der Waals surface area (Å²) in [5.41, 5.74) is 2.28. The molecule has 0 aliphatic heterocycles. The van der Waals surface area contributed by atoms with Crippen LogP contribution in [0, 0.1) is 0 Å². The summed E-state index contributed by atoms with van der Waals surface area (Å²) in [6.07, 6.45) is 3.49. The molecule has 0 atom stereocenters. The third-order valence-corrected chi connectivity index (χ3v) is 3.34. The molecule has 0 aliphatic carbocycles. The van der Waals surface area contributed by atoms with Crippen LogP contribution in [0.3, 0.4) is 0 Å². The number of carbonyl (C=O) groups is 2. The number of hydrogen-bond acceptors (Lipinski definition) is 3. The van der Waals surface area contributed by atoms with Gasteiger partial charge in [0, 0.05) is 12.7 Å². The Morgan fingerprint density at radius 1 is 1.14 bits per heavy atom. The molecule has 0 aliphatic rings. The third-order valence-electron chi connectivity index (χ3n) is 3.34. The highest BCUT2D eigenvalue weighted by atomic mass is 16.5. The van der Waals surface area contributed by atoms with Gasteiger partial charge in [-0.1, -0.05) is 36.4 Å². The fourth-order valence-electron chi connectivity index (χ4n) is 2.16. The Balaban J connectivity index is 2.09. The lowest BCUT2D eigenvalue weighted by molar-refractivity contribution is -0.142. The molecule has 0 N–H and O–H groups in total. The molecular formula is C18H19NO3. The van der Waals surface area contributed by atoms with Crippen molar-refractivity contribution >= 4 is 17.8 Å². The smallest absolute Gasteiger partial charge is 0.311 e. The van der Waals surface area contributed by atoms with Crippen LogP contribution in [-0.2, 0) is 23.0 Å². The Kier molecular flexibility index (Phi) is 5.31. The van der Waals surface area contributed by atoms with Gasteiger partial charge in [-0.05, 0) is 30.7 Å². The van der Waals surface area contributed by atoms with Crippen LogP contribution >= 0.6 is 0 Å². The Hall–Kier alpha value is -2.62. The molecule has 0 radical (unpaired) electrons. The van der Waals surface area contributed by atoms with Crippen LogP contribution in [0.2, 0.25) is 0 Å². The third kappa shape index (κ3) is 3.95. The summed E-state index contributed by atoms with van der Waals surface area (Å²) >= 11 is 0. The summed E-state index contributed by atoms with van der Waals surface area (Å²) in [5.74, 6) is -0.385. The average Bonchev–Trinajstić information content (AvgIpc) is 2.87. The van der Waals surface area contributed by atoms with Gasteiger partial charge in [0.05, 0.1) is 18.7 Å². The molecule has 0 amide bonds. The number of benzene rings is 1. The number of ether oxygens (including phenoxy) is 1. The zero-order valence-corrected chi connectivity index (χ0v) is 12.8. The summed E-state index contributed by atoms with van der Waals surface area (Å²) in [7, 11) is 1.78. The molecule has 2 rings (SSSR count). The predicted molar refractivity (Wildman–Crippen MR) is 85.6 cm³/mol. The average molecular weight is 297 g/mol. The van der Waals surface area contributed by atoms with E-state index in [4.69, 9.17) is 4.74 Å². The largest absolute Gasteiger partial charge is 0.466 e. The van der Waals surface area contributed by atoms with Crippen molar-refractivity contribution in [3.63, 3.8) is 0 Å². The molecule has 4 nitrogen and oxygen atoms in total. The number of nitrogens with zero attached hydrogens (tertiary/aromatic N) is 1. The molecule has 1 aromatic heterocycles. The lowest BCUT2D eigenvalue weighted by Gasteiger charge is -2.05. The first-order valence-electron chi connectivity index (χ1n) is 7.19. The molecular weight excluding hydrogens is 278 g/mol. The van der Waals surface area contributed by atoms with E-state index in [1.54, 1.807) is 42.8 Å². The van der Waals surface area contributed by atoms with Gasteiger partial charge < -0.3 is 9.30 Å². The number of ketones is 1. The molecule has 0 saturated carbocycles. The molecule has 1 heterocycles. The maximum atomic E-state index is 12.2. The van der Waals surface area contributed by atoms with Gasteiger partial charge in [-0.3, -0.25) is 9.59 Å². The normalized spacial score (nSPS) is 10.8. The molecule has 22 heavy (non-hydrogen) atoms. The molecule has 0 unspecified atom stereocenters. The van der Waals surface area contributed by atoms with E-state index in [-0.39, 0.29) is 18.2 Å². The van der Waals surface area contributed by atoms with E-state index in [1.807, 2.05) is 30.3 Å². The van der Waals surface area contributed by atoms with Gasteiger partial charge in [0.1, 0.15) is 0 Å². The lowest BCUT2D eigenvalue weighted by Crippen LogP contribution is -2.12. The number of rotatable bonds is 6. The number of aromatic nitrogens is 1. The van der Waals surface area contributed by atoms with Gasteiger partial charge in [0.25, 0.3) is 0 Å². The van der Waals surface area contributed by atoms with E-state index in [1.165, 1.54) is 0 Å². The van der Waals surface area contributed by atoms with E-state index >= 15 is 0 Å². The summed E-state index contributed by atoms with van der Waals surface area (Å²) < 4.78 is 6.66. The fraction of sp³-hybridized carbons (Fsp3) is 0.222. The van der Waals surface area contributed by atoms with Gasteiger partial charge in [0.2, 0.25) is 5.78 Å². The highest BCUT2D eigenvalue weighted by molar-refractivity contribution is 6.05. The van der Waals surface area contributed by atoms with Crippen LogP contribution in [0.4, 0.5) is 0 Å². The Bertz CT molecular complexity index is 684. The quantitative estimate of drug-likeness (QED) is 0.468. The van der Waals surface area contributed by atoms with Gasteiger partial charge in [-0.2, -0.15) is 0 Å². The second kappa shape index (κ2) is 7.41. The number of carbonyl (C=O) groups excluding carboxylic acids is 2. The van der Waals surface area contributed by atoms with Crippen molar-refractivity contribution in [2.45, 2.75) is 13.3 Å². The van der Waals surface area contributed by atoms with Crippen molar-refractivity contribution in [3.8, 4) is 0 Å². The van der Waals surface area contributed by atoms with Crippen molar-refractivity contribution in [1.82, 2.24) is 4.57 Å². The van der Waals surface area contributed by atoms with Crippen LogP contribution in [0.1, 0.15) is 28.7 Å². The number of hydrogen-bond donors (Lipinski definition) is 0. The molecule has 0 saturated heterocycles. The summed E-state index contributed by atoms with van der Waals surface area (Å²) in [4.78, 5) is 23.8. The minimum atomic E-state index is -0.289.